The molecule has 0 atom stereocenters. The lowest BCUT2D eigenvalue weighted by atomic mass is 10.2. The van der Waals surface area contributed by atoms with Crippen molar-refractivity contribution in [1.82, 2.24) is 14.7 Å². The van der Waals surface area contributed by atoms with Gasteiger partial charge < -0.3 is 14.7 Å². The molecule has 2 aromatic rings. The molecular weight excluding hydrogens is 404 g/mol. The first-order valence-corrected chi connectivity index (χ1v) is 10.1. The van der Waals surface area contributed by atoms with Gasteiger partial charge in [0, 0.05) is 29.4 Å². The van der Waals surface area contributed by atoms with Gasteiger partial charge in [-0.15, -0.1) is 0 Å². The van der Waals surface area contributed by atoms with E-state index in [1.54, 1.807) is 48.5 Å². The van der Waals surface area contributed by atoms with E-state index in [9.17, 15) is 14.4 Å². The van der Waals surface area contributed by atoms with Crippen LogP contribution in [0.2, 0.25) is 5.02 Å². The number of benzene rings is 2. The van der Waals surface area contributed by atoms with Crippen molar-refractivity contribution < 1.29 is 14.4 Å². The van der Waals surface area contributed by atoms with Gasteiger partial charge in [0.2, 0.25) is 11.8 Å². The van der Waals surface area contributed by atoms with Crippen LogP contribution >= 0.6 is 11.6 Å². The van der Waals surface area contributed by atoms with E-state index < -0.39 is 0 Å². The molecule has 1 fully saturated rings. The number of likely N-dealkylation sites (N-methyl/N-ethyl adjacent to an activating group) is 1. The molecule has 1 saturated heterocycles. The van der Waals surface area contributed by atoms with E-state index >= 15 is 0 Å². The standard InChI is InChI=1S/C22H25ClN4O3/c1-24(2)12-13-25(22(30)17-6-4-3-5-7-17)14-20(28)26-15-21(29)27(16-26)19-10-8-18(23)9-11-19/h3-11H,12-16H2,1-2H3. The van der Waals surface area contributed by atoms with Crippen molar-refractivity contribution in [2.75, 3.05) is 51.8 Å². The highest BCUT2D eigenvalue weighted by molar-refractivity contribution is 6.30. The fraction of sp³-hybridized carbons (Fsp3) is 0.318. The van der Waals surface area contributed by atoms with Crippen molar-refractivity contribution in [2.24, 2.45) is 0 Å². The van der Waals surface area contributed by atoms with Crippen LogP contribution in [0.5, 0.6) is 0 Å². The largest absolute Gasteiger partial charge is 0.328 e. The van der Waals surface area contributed by atoms with E-state index in [4.69, 9.17) is 11.6 Å². The molecular formula is C22H25ClN4O3. The third-order valence-corrected chi connectivity index (χ3v) is 5.13. The van der Waals surface area contributed by atoms with Crippen molar-refractivity contribution in [3.8, 4) is 0 Å². The summed E-state index contributed by atoms with van der Waals surface area (Å²) in [7, 11) is 3.83. The number of nitrogens with zero attached hydrogens (tertiary/aromatic N) is 4. The summed E-state index contributed by atoms with van der Waals surface area (Å²) >= 11 is 5.91. The van der Waals surface area contributed by atoms with E-state index in [2.05, 4.69) is 0 Å². The molecule has 30 heavy (non-hydrogen) atoms. The molecule has 0 aromatic heterocycles. The van der Waals surface area contributed by atoms with Crippen molar-refractivity contribution >= 4 is 35.0 Å². The van der Waals surface area contributed by atoms with Crippen molar-refractivity contribution in [2.45, 2.75) is 0 Å². The Morgan fingerprint density at radius 1 is 1.00 bits per heavy atom. The maximum Gasteiger partial charge on any atom is 0.254 e. The minimum atomic E-state index is -0.261. The molecule has 2 aromatic carbocycles. The molecule has 3 rings (SSSR count). The smallest absolute Gasteiger partial charge is 0.254 e. The number of carbonyl (C=O) groups excluding carboxylic acids is 3. The second-order valence-electron chi connectivity index (χ2n) is 7.43. The van der Waals surface area contributed by atoms with E-state index in [1.807, 2.05) is 25.1 Å². The van der Waals surface area contributed by atoms with Gasteiger partial charge in [-0.2, -0.15) is 0 Å². The molecule has 1 heterocycles. The third-order valence-electron chi connectivity index (χ3n) is 4.88. The molecule has 0 aliphatic carbocycles. The molecule has 0 saturated carbocycles. The van der Waals surface area contributed by atoms with Crippen LogP contribution in [0.15, 0.2) is 54.6 Å². The summed E-state index contributed by atoms with van der Waals surface area (Å²) < 4.78 is 0. The summed E-state index contributed by atoms with van der Waals surface area (Å²) in [6, 6.07) is 15.8. The zero-order chi connectivity index (χ0) is 21.7. The molecule has 0 spiro atoms. The summed E-state index contributed by atoms with van der Waals surface area (Å²) in [5.41, 5.74) is 1.22. The van der Waals surface area contributed by atoms with Gasteiger partial charge in [0.1, 0.15) is 19.8 Å². The van der Waals surface area contributed by atoms with Crippen LogP contribution in [0.25, 0.3) is 0 Å². The second kappa shape index (κ2) is 9.73. The van der Waals surface area contributed by atoms with Crippen molar-refractivity contribution in [3.05, 3.63) is 65.2 Å². The van der Waals surface area contributed by atoms with Crippen LogP contribution in [0.3, 0.4) is 0 Å². The molecule has 158 valence electrons. The summed E-state index contributed by atoms with van der Waals surface area (Å²) in [6.45, 7) is 1.10. The molecule has 0 unspecified atom stereocenters. The number of carbonyl (C=O) groups is 3. The van der Waals surface area contributed by atoms with Crippen LogP contribution in [0.1, 0.15) is 10.4 Å². The first-order chi connectivity index (χ1) is 14.3. The zero-order valence-electron chi connectivity index (χ0n) is 17.1. The Balaban J connectivity index is 1.69. The summed E-state index contributed by atoms with van der Waals surface area (Å²) in [5.74, 6) is -0.631. The van der Waals surface area contributed by atoms with Crippen molar-refractivity contribution in [1.29, 1.82) is 0 Å². The summed E-state index contributed by atoms with van der Waals surface area (Å²) in [6.07, 6.45) is 0. The first kappa shape index (κ1) is 21.8. The highest BCUT2D eigenvalue weighted by Crippen LogP contribution is 2.22. The minimum absolute atomic E-state index is 0.0114. The van der Waals surface area contributed by atoms with Gasteiger partial charge in [0.15, 0.2) is 0 Å². The van der Waals surface area contributed by atoms with Crippen LogP contribution in [0, 0.1) is 0 Å². The molecule has 3 amide bonds. The van der Waals surface area contributed by atoms with E-state index in [1.165, 1.54) is 14.7 Å². The fourth-order valence-corrected chi connectivity index (χ4v) is 3.29. The number of hydrogen-bond donors (Lipinski definition) is 0. The van der Waals surface area contributed by atoms with E-state index in [0.29, 0.717) is 29.4 Å². The van der Waals surface area contributed by atoms with Crippen molar-refractivity contribution in [3.63, 3.8) is 0 Å². The molecule has 8 heteroatoms. The Hall–Kier alpha value is -2.90. The predicted molar refractivity (Wildman–Crippen MR) is 116 cm³/mol. The maximum atomic E-state index is 12.9. The van der Waals surface area contributed by atoms with Crippen LogP contribution in [-0.4, -0.2) is 79.4 Å². The Morgan fingerprint density at radius 2 is 1.67 bits per heavy atom. The van der Waals surface area contributed by atoms with Gasteiger partial charge in [-0.05, 0) is 50.5 Å². The maximum absolute atomic E-state index is 12.9. The monoisotopic (exact) mass is 428 g/mol. The minimum Gasteiger partial charge on any atom is -0.328 e. The molecule has 0 N–H and O–H groups in total. The highest BCUT2D eigenvalue weighted by Gasteiger charge is 2.33. The van der Waals surface area contributed by atoms with Gasteiger partial charge in [-0.3, -0.25) is 19.3 Å². The zero-order valence-corrected chi connectivity index (χ0v) is 17.9. The Morgan fingerprint density at radius 3 is 2.30 bits per heavy atom. The number of amides is 3. The third kappa shape index (κ3) is 5.37. The van der Waals surface area contributed by atoms with Gasteiger partial charge in [-0.25, -0.2) is 0 Å². The van der Waals surface area contributed by atoms with Gasteiger partial charge >= 0.3 is 0 Å². The van der Waals surface area contributed by atoms with E-state index in [-0.39, 0.29) is 37.5 Å². The average Bonchev–Trinajstić information content (AvgIpc) is 3.13. The summed E-state index contributed by atoms with van der Waals surface area (Å²) in [5, 5.41) is 0.578. The SMILES string of the molecule is CN(C)CCN(CC(=O)N1CC(=O)N(c2ccc(Cl)cc2)C1)C(=O)c1ccccc1. The molecule has 0 radical (unpaired) electrons. The molecule has 1 aliphatic heterocycles. The Labute approximate surface area is 181 Å². The van der Waals surface area contributed by atoms with Gasteiger partial charge in [0.25, 0.3) is 5.91 Å². The molecule has 7 nitrogen and oxygen atoms in total. The Kier molecular flexibility index (Phi) is 7.07. The topological polar surface area (TPSA) is 64.2 Å². The number of anilines is 1. The lowest BCUT2D eigenvalue weighted by Crippen LogP contribution is -2.45. The average molecular weight is 429 g/mol. The van der Waals surface area contributed by atoms with E-state index in [0.717, 1.165) is 0 Å². The van der Waals surface area contributed by atoms with Gasteiger partial charge in [-0.1, -0.05) is 29.8 Å². The van der Waals surface area contributed by atoms with Crippen LogP contribution in [0.4, 0.5) is 5.69 Å². The lowest BCUT2D eigenvalue weighted by Gasteiger charge is -2.26. The number of hydrogen-bond acceptors (Lipinski definition) is 4. The number of rotatable bonds is 7. The van der Waals surface area contributed by atoms with Crippen LogP contribution in [-0.2, 0) is 9.59 Å². The lowest BCUT2D eigenvalue weighted by molar-refractivity contribution is -0.132. The fourth-order valence-electron chi connectivity index (χ4n) is 3.16. The number of halogens is 1. The predicted octanol–water partition coefficient (Wildman–Crippen LogP) is 2.18. The first-order valence-electron chi connectivity index (χ1n) is 9.68. The quantitative estimate of drug-likeness (QED) is 0.678. The van der Waals surface area contributed by atoms with Crippen LogP contribution < -0.4 is 4.90 Å². The second-order valence-corrected chi connectivity index (χ2v) is 7.86. The highest BCUT2D eigenvalue weighted by atomic mass is 35.5. The molecule has 0 bridgehead atoms. The van der Waals surface area contributed by atoms with Gasteiger partial charge in [0.05, 0.1) is 0 Å². The Bertz CT molecular complexity index is 902. The normalized spacial score (nSPS) is 13.8. The molecule has 1 aliphatic rings. The summed E-state index contributed by atoms with van der Waals surface area (Å²) in [4.78, 5) is 44.8.